The molecule has 3 N–H and O–H groups in total. The molecule has 0 spiro atoms. The third-order valence-electron chi connectivity index (χ3n) is 4.97. The fourth-order valence-electron chi connectivity index (χ4n) is 3.26. The molecule has 0 unspecified atom stereocenters. The standard InChI is InChI=1S/C18H24N4O5/c1-12(16(23)20-18(25)19-2)21-7-9-22(10-8-21)17(24)15-11-26-13-5-3-4-6-14(13)27-15/h3-6,12,15H,7-11H2,1-2H3,(H2,19,20,23,25)/p+1/t12-,15-/m0/s1. The fraction of sp³-hybridized carbons (Fsp3) is 0.500. The summed E-state index contributed by atoms with van der Waals surface area (Å²) in [5, 5.41) is 4.66. The van der Waals surface area contributed by atoms with Gasteiger partial charge in [0, 0.05) is 7.05 Å². The molecule has 0 aromatic heterocycles. The number of rotatable bonds is 3. The predicted octanol–water partition coefficient (Wildman–Crippen LogP) is -1.60. The Morgan fingerprint density at radius 1 is 1.19 bits per heavy atom. The molecule has 3 rings (SSSR count). The van der Waals surface area contributed by atoms with Crippen LogP contribution in [0.5, 0.6) is 11.5 Å². The number of piperazine rings is 1. The number of nitrogens with one attached hydrogen (secondary N) is 3. The summed E-state index contributed by atoms with van der Waals surface area (Å²) < 4.78 is 11.4. The van der Waals surface area contributed by atoms with Gasteiger partial charge >= 0.3 is 6.03 Å². The minimum atomic E-state index is -0.657. The number of fused-ring (bicyclic) bond motifs is 1. The van der Waals surface area contributed by atoms with Crippen LogP contribution in [0.3, 0.4) is 0 Å². The Kier molecular flexibility index (Phi) is 5.80. The highest BCUT2D eigenvalue weighted by Crippen LogP contribution is 2.31. The van der Waals surface area contributed by atoms with Gasteiger partial charge in [0.2, 0.25) is 6.10 Å². The van der Waals surface area contributed by atoms with E-state index >= 15 is 0 Å². The number of urea groups is 1. The Morgan fingerprint density at radius 3 is 2.52 bits per heavy atom. The SMILES string of the molecule is CNC(=O)NC(=O)[C@H](C)[NH+]1CCN(C(=O)[C@@H]2COc3ccccc3O2)CC1. The number of imide groups is 1. The van der Waals surface area contributed by atoms with Gasteiger partial charge in [-0.25, -0.2) is 4.79 Å². The average molecular weight is 377 g/mol. The zero-order valence-electron chi connectivity index (χ0n) is 15.5. The van der Waals surface area contributed by atoms with Gasteiger partial charge < -0.3 is 24.6 Å². The molecule has 2 aliphatic heterocycles. The smallest absolute Gasteiger partial charge is 0.321 e. The molecule has 146 valence electrons. The monoisotopic (exact) mass is 377 g/mol. The second-order valence-corrected chi connectivity index (χ2v) is 6.64. The second-order valence-electron chi connectivity index (χ2n) is 6.64. The van der Waals surface area contributed by atoms with Crippen molar-refractivity contribution in [3.05, 3.63) is 24.3 Å². The van der Waals surface area contributed by atoms with E-state index in [2.05, 4.69) is 10.6 Å². The third kappa shape index (κ3) is 4.30. The number of amides is 4. The van der Waals surface area contributed by atoms with Crippen LogP contribution >= 0.6 is 0 Å². The van der Waals surface area contributed by atoms with Crippen molar-refractivity contribution in [2.45, 2.75) is 19.1 Å². The molecule has 2 aliphatic rings. The molecule has 1 aromatic carbocycles. The molecule has 4 amide bonds. The van der Waals surface area contributed by atoms with E-state index in [1.807, 2.05) is 18.2 Å². The van der Waals surface area contributed by atoms with Gasteiger partial charge in [-0.15, -0.1) is 0 Å². The summed E-state index contributed by atoms with van der Waals surface area (Å²) in [5.41, 5.74) is 0. The lowest BCUT2D eigenvalue weighted by Crippen LogP contribution is -3.19. The zero-order valence-corrected chi connectivity index (χ0v) is 15.5. The molecular formula is C18H25N4O5+. The quantitative estimate of drug-likeness (QED) is 0.589. The van der Waals surface area contributed by atoms with E-state index in [1.54, 1.807) is 17.9 Å². The number of hydrogen-bond acceptors (Lipinski definition) is 5. The minimum absolute atomic E-state index is 0.106. The van der Waals surface area contributed by atoms with Crippen molar-refractivity contribution in [1.29, 1.82) is 0 Å². The first-order chi connectivity index (χ1) is 13.0. The maximum absolute atomic E-state index is 12.7. The van der Waals surface area contributed by atoms with Gasteiger partial charge in [0.05, 0.1) is 26.2 Å². The first-order valence-electron chi connectivity index (χ1n) is 9.04. The molecule has 1 aromatic rings. The number of nitrogens with zero attached hydrogens (tertiary/aromatic N) is 1. The van der Waals surface area contributed by atoms with Gasteiger partial charge in [0.1, 0.15) is 6.61 Å². The molecule has 27 heavy (non-hydrogen) atoms. The lowest BCUT2D eigenvalue weighted by atomic mass is 10.2. The largest absolute Gasteiger partial charge is 0.485 e. The van der Waals surface area contributed by atoms with E-state index in [1.165, 1.54) is 7.05 Å². The third-order valence-corrected chi connectivity index (χ3v) is 4.97. The fourth-order valence-corrected chi connectivity index (χ4v) is 3.26. The van der Waals surface area contributed by atoms with Crippen molar-refractivity contribution in [3.8, 4) is 11.5 Å². The maximum Gasteiger partial charge on any atom is 0.321 e. The Balaban J connectivity index is 1.51. The number of quaternary nitrogens is 1. The summed E-state index contributed by atoms with van der Waals surface area (Å²) in [6, 6.07) is 6.39. The summed E-state index contributed by atoms with van der Waals surface area (Å²) in [5.74, 6) is 0.786. The van der Waals surface area contributed by atoms with Crippen LogP contribution in [-0.2, 0) is 9.59 Å². The maximum atomic E-state index is 12.7. The molecule has 0 bridgehead atoms. The predicted molar refractivity (Wildman–Crippen MR) is 95.7 cm³/mol. The van der Waals surface area contributed by atoms with Crippen LogP contribution in [0.25, 0.3) is 0 Å². The van der Waals surface area contributed by atoms with Crippen molar-refractivity contribution in [2.75, 3.05) is 39.8 Å². The van der Waals surface area contributed by atoms with E-state index < -0.39 is 12.1 Å². The molecule has 2 heterocycles. The van der Waals surface area contributed by atoms with Crippen LogP contribution in [-0.4, -0.2) is 74.7 Å². The van der Waals surface area contributed by atoms with Crippen LogP contribution in [0.4, 0.5) is 4.79 Å². The summed E-state index contributed by atoms with van der Waals surface area (Å²) >= 11 is 0. The topological polar surface area (TPSA) is 101 Å². The number of benzene rings is 1. The Hall–Kier alpha value is -2.81. The molecule has 1 fully saturated rings. The molecule has 0 radical (unpaired) electrons. The average Bonchev–Trinajstić information content (AvgIpc) is 2.72. The van der Waals surface area contributed by atoms with Gasteiger partial charge in [0.25, 0.3) is 11.8 Å². The Bertz CT molecular complexity index is 717. The summed E-state index contributed by atoms with van der Waals surface area (Å²) in [4.78, 5) is 38.9. The van der Waals surface area contributed by atoms with Gasteiger partial charge in [-0.05, 0) is 19.1 Å². The molecule has 1 saturated heterocycles. The van der Waals surface area contributed by atoms with Crippen molar-refractivity contribution < 1.29 is 28.8 Å². The highest BCUT2D eigenvalue weighted by molar-refractivity contribution is 5.96. The van der Waals surface area contributed by atoms with Gasteiger partial charge in [0.15, 0.2) is 17.5 Å². The summed E-state index contributed by atoms with van der Waals surface area (Å²) in [6.45, 7) is 4.25. The number of ether oxygens (including phenoxy) is 2. The van der Waals surface area contributed by atoms with Gasteiger partial charge in [-0.2, -0.15) is 0 Å². The number of carbonyl (C=O) groups is 3. The van der Waals surface area contributed by atoms with E-state index in [0.717, 1.165) is 4.90 Å². The molecule has 9 heteroatoms. The normalized spacial score (nSPS) is 20.5. The lowest BCUT2D eigenvalue weighted by Gasteiger charge is -2.36. The van der Waals surface area contributed by atoms with E-state index in [0.29, 0.717) is 37.7 Å². The van der Waals surface area contributed by atoms with Crippen molar-refractivity contribution in [2.24, 2.45) is 0 Å². The van der Waals surface area contributed by atoms with Gasteiger partial charge in [-0.1, -0.05) is 12.1 Å². The molecule has 9 nitrogen and oxygen atoms in total. The van der Waals surface area contributed by atoms with Crippen LogP contribution in [0.15, 0.2) is 24.3 Å². The van der Waals surface area contributed by atoms with Crippen LogP contribution in [0.1, 0.15) is 6.92 Å². The highest BCUT2D eigenvalue weighted by atomic mass is 16.6. The number of para-hydroxylation sites is 2. The number of carbonyl (C=O) groups excluding carboxylic acids is 3. The molecule has 2 atom stereocenters. The van der Waals surface area contributed by atoms with E-state index in [4.69, 9.17) is 9.47 Å². The first kappa shape index (κ1) is 19.0. The van der Waals surface area contributed by atoms with Crippen molar-refractivity contribution in [3.63, 3.8) is 0 Å². The number of hydrogen-bond donors (Lipinski definition) is 3. The molecule has 0 aliphatic carbocycles. The molecular weight excluding hydrogens is 352 g/mol. The van der Waals surface area contributed by atoms with Crippen molar-refractivity contribution >= 4 is 17.8 Å². The lowest BCUT2D eigenvalue weighted by molar-refractivity contribution is -0.917. The van der Waals surface area contributed by atoms with Gasteiger partial charge in [-0.3, -0.25) is 14.9 Å². The Morgan fingerprint density at radius 2 is 1.85 bits per heavy atom. The second kappa shape index (κ2) is 8.26. The van der Waals surface area contributed by atoms with Crippen LogP contribution in [0.2, 0.25) is 0 Å². The summed E-state index contributed by atoms with van der Waals surface area (Å²) in [7, 11) is 1.46. The van der Waals surface area contributed by atoms with Crippen LogP contribution in [0, 0.1) is 0 Å². The minimum Gasteiger partial charge on any atom is -0.485 e. The molecule has 0 saturated carbocycles. The van der Waals surface area contributed by atoms with Crippen LogP contribution < -0.4 is 25.0 Å². The summed E-state index contributed by atoms with van der Waals surface area (Å²) in [6.07, 6.45) is -0.657. The first-order valence-corrected chi connectivity index (χ1v) is 9.04. The van der Waals surface area contributed by atoms with E-state index in [-0.39, 0.29) is 24.5 Å². The Labute approximate surface area is 157 Å². The van der Waals surface area contributed by atoms with Crippen molar-refractivity contribution in [1.82, 2.24) is 15.5 Å². The zero-order chi connectivity index (χ0) is 19.4. The van der Waals surface area contributed by atoms with E-state index in [9.17, 15) is 14.4 Å². The highest BCUT2D eigenvalue weighted by Gasteiger charge is 2.36.